The Balaban J connectivity index is 1.61. The number of piperidine rings is 1. The van der Waals surface area contributed by atoms with Crippen molar-refractivity contribution in [3.63, 3.8) is 0 Å². The summed E-state index contributed by atoms with van der Waals surface area (Å²) in [4.78, 5) is 18.4. The van der Waals surface area contributed by atoms with Crippen LogP contribution in [0.15, 0.2) is 11.4 Å². The molecule has 1 atom stereocenters. The molecule has 5 heteroatoms. The van der Waals surface area contributed by atoms with Crippen molar-refractivity contribution in [3.8, 4) is 0 Å². The summed E-state index contributed by atoms with van der Waals surface area (Å²) in [6.45, 7) is 7.81. The molecule has 0 spiro atoms. The summed E-state index contributed by atoms with van der Waals surface area (Å²) in [6.07, 6.45) is 4.64. The maximum absolute atomic E-state index is 12.8. The van der Waals surface area contributed by atoms with Crippen LogP contribution in [0.2, 0.25) is 0 Å². The van der Waals surface area contributed by atoms with Crippen LogP contribution in [0.1, 0.15) is 40.9 Å². The van der Waals surface area contributed by atoms with E-state index in [1.165, 1.54) is 6.42 Å². The quantitative estimate of drug-likeness (QED) is 0.854. The first-order valence-electron chi connectivity index (χ1n) is 8.41. The number of morpholine rings is 1. The van der Waals surface area contributed by atoms with E-state index in [9.17, 15) is 4.79 Å². The number of hydrogen-bond acceptors (Lipinski definition) is 4. The molecule has 2 fully saturated rings. The van der Waals surface area contributed by atoms with Gasteiger partial charge in [0, 0.05) is 32.2 Å². The van der Waals surface area contributed by atoms with Crippen molar-refractivity contribution in [2.75, 3.05) is 39.4 Å². The van der Waals surface area contributed by atoms with Gasteiger partial charge in [0.25, 0.3) is 5.91 Å². The van der Waals surface area contributed by atoms with E-state index in [-0.39, 0.29) is 5.91 Å². The zero-order valence-corrected chi connectivity index (χ0v) is 14.2. The molecule has 0 N–H and O–H groups in total. The number of aryl methyl sites for hydroxylation is 1. The van der Waals surface area contributed by atoms with Gasteiger partial charge in [0.15, 0.2) is 0 Å². The van der Waals surface area contributed by atoms with Crippen molar-refractivity contribution >= 4 is 17.2 Å². The molecule has 3 heterocycles. The van der Waals surface area contributed by atoms with Gasteiger partial charge in [-0.05, 0) is 49.6 Å². The molecule has 2 aliphatic heterocycles. The standard InChI is InChI=1S/C17H26N2O2S/c1-14-6-13-22-16(14)17(20)19-7-3-2-4-15(19)5-8-18-9-11-21-12-10-18/h6,13,15H,2-5,7-12H2,1H3. The Hall–Kier alpha value is -0.910. The molecule has 0 saturated carbocycles. The molecule has 1 unspecified atom stereocenters. The van der Waals surface area contributed by atoms with Crippen LogP contribution in [-0.2, 0) is 4.74 Å². The first kappa shape index (κ1) is 16.0. The predicted octanol–water partition coefficient (Wildman–Crippen LogP) is 2.77. The molecule has 4 nitrogen and oxygen atoms in total. The molecule has 1 aromatic rings. The van der Waals surface area contributed by atoms with E-state index in [0.29, 0.717) is 6.04 Å². The number of carbonyl (C=O) groups excluding carboxylic acids is 1. The van der Waals surface area contributed by atoms with Crippen LogP contribution < -0.4 is 0 Å². The van der Waals surface area contributed by atoms with Gasteiger partial charge in [0.05, 0.1) is 18.1 Å². The fraction of sp³-hybridized carbons (Fsp3) is 0.706. The fourth-order valence-electron chi connectivity index (χ4n) is 3.45. The summed E-state index contributed by atoms with van der Waals surface area (Å²) >= 11 is 1.58. The van der Waals surface area contributed by atoms with Crippen LogP contribution in [0.4, 0.5) is 0 Å². The van der Waals surface area contributed by atoms with Crippen molar-refractivity contribution in [1.29, 1.82) is 0 Å². The Kier molecular flexibility index (Phi) is 5.50. The predicted molar refractivity (Wildman–Crippen MR) is 89.6 cm³/mol. The van der Waals surface area contributed by atoms with Crippen molar-refractivity contribution in [2.45, 2.75) is 38.6 Å². The maximum Gasteiger partial charge on any atom is 0.264 e. The molecule has 1 amide bonds. The number of ether oxygens (including phenoxy) is 1. The summed E-state index contributed by atoms with van der Waals surface area (Å²) in [5, 5.41) is 2.02. The van der Waals surface area contributed by atoms with Gasteiger partial charge in [-0.1, -0.05) is 0 Å². The van der Waals surface area contributed by atoms with Crippen molar-refractivity contribution in [2.24, 2.45) is 0 Å². The van der Waals surface area contributed by atoms with Crippen molar-refractivity contribution in [1.82, 2.24) is 9.80 Å². The van der Waals surface area contributed by atoms with Crippen LogP contribution >= 0.6 is 11.3 Å². The number of carbonyl (C=O) groups is 1. The second-order valence-electron chi connectivity index (χ2n) is 6.32. The fourth-order valence-corrected chi connectivity index (χ4v) is 4.33. The van der Waals surface area contributed by atoms with Crippen LogP contribution in [0, 0.1) is 6.92 Å². The van der Waals surface area contributed by atoms with Gasteiger partial charge in [-0.25, -0.2) is 0 Å². The summed E-state index contributed by atoms with van der Waals surface area (Å²) < 4.78 is 5.41. The Bertz CT molecular complexity index is 497. The minimum absolute atomic E-state index is 0.249. The molecule has 122 valence electrons. The van der Waals surface area contributed by atoms with E-state index in [4.69, 9.17) is 4.74 Å². The zero-order chi connectivity index (χ0) is 15.4. The highest BCUT2D eigenvalue weighted by atomic mass is 32.1. The number of rotatable bonds is 4. The van der Waals surface area contributed by atoms with E-state index in [1.807, 2.05) is 18.4 Å². The summed E-state index contributed by atoms with van der Waals surface area (Å²) in [6, 6.07) is 2.45. The van der Waals surface area contributed by atoms with Gasteiger partial charge in [-0.2, -0.15) is 0 Å². The molecule has 0 aliphatic carbocycles. The lowest BCUT2D eigenvalue weighted by Gasteiger charge is -2.37. The summed E-state index contributed by atoms with van der Waals surface area (Å²) in [5.74, 6) is 0.249. The largest absolute Gasteiger partial charge is 0.379 e. The minimum atomic E-state index is 0.249. The van der Waals surface area contributed by atoms with Crippen LogP contribution in [-0.4, -0.2) is 61.1 Å². The molecular weight excluding hydrogens is 296 g/mol. The molecule has 0 bridgehead atoms. The van der Waals surface area contributed by atoms with E-state index >= 15 is 0 Å². The third kappa shape index (κ3) is 3.70. The lowest BCUT2D eigenvalue weighted by Crippen LogP contribution is -2.46. The molecule has 0 aromatic carbocycles. The number of amides is 1. The van der Waals surface area contributed by atoms with E-state index < -0.39 is 0 Å². The average Bonchev–Trinajstić information content (AvgIpc) is 2.99. The van der Waals surface area contributed by atoms with E-state index in [0.717, 1.165) is 69.1 Å². The third-order valence-corrected chi connectivity index (χ3v) is 5.83. The van der Waals surface area contributed by atoms with Crippen LogP contribution in [0.25, 0.3) is 0 Å². The van der Waals surface area contributed by atoms with Gasteiger partial charge >= 0.3 is 0 Å². The van der Waals surface area contributed by atoms with Gasteiger partial charge in [-0.15, -0.1) is 11.3 Å². The van der Waals surface area contributed by atoms with Crippen molar-refractivity contribution in [3.05, 3.63) is 21.9 Å². The first-order chi connectivity index (χ1) is 10.8. The average molecular weight is 322 g/mol. The lowest BCUT2D eigenvalue weighted by molar-refractivity contribution is 0.0296. The zero-order valence-electron chi connectivity index (χ0n) is 13.4. The first-order valence-corrected chi connectivity index (χ1v) is 9.29. The van der Waals surface area contributed by atoms with E-state index in [2.05, 4.69) is 9.80 Å². The Morgan fingerprint density at radius 2 is 2.14 bits per heavy atom. The van der Waals surface area contributed by atoms with Crippen LogP contribution in [0.3, 0.4) is 0 Å². The van der Waals surface area contributed by atoms with Gasteiger partial charge in [0.2, 0.25) is 0 Å². The van der Waals surface area contributed by atoms with Crippen molar-refractivity contribution < 1.29 is 9.53 Å². The van der Waals surface area contributed by atoms with Gasteiger partial charge in [-0.3, -0.25) is 9.69 Å². The topological polar surface area (TPSA) is 32.8 Å². The monoisotopic (exact) mass is 322 g/mol. The molecule has 2 saturated heterocycles. The maximum atomic E-state index is 12.8. The molecule has 0 radical (unpaired) electrons. The van der Waals surface area contributed by atoms with E-state index in [1.54, 1.807) is 11.3 Å². The van der Waals surface area contributed by atoms with Gasteiger partial charge < -0.3 is 9.64 Å². The SMILES string of the molecule is Cc1ccsc1C(=O)N1CCCCC1CCN1CCOCC1. The number of nitrogens with zero attached hydrogens (tertiary/aromatic N) is 2. The second-order valence-corrected chi connectivity index (χ2v) is 7.24. The minimum Gasteiger partial charge on any atom is -0.379 e. The molecule has 22 heavy (non-hydrogen) atoms. The second kappa shape index (κ2) is 7.57. The molecular formula is C17H26N2O2S. The number of likely N-dealkylation sites (tertiary alicyclic amines) is 1. The normalized spacial score (nSPS) is 23.7. The molecule has 1 aromatic heterocycles. The number of hydrogen-bond donors (Lipinski definition) is 0. The molecule has 3 rings (SSSR count). The highest BCUT2D eigenvalue weighted by molar-refractivity contribution is 7.12. The smallest absolute Gasteiger partial charge is 0.264 e. The lowest BCUT2D eigenvalue weighted by atomic mass is 9.98. The highest BCUT2D eigenvalue weighted by Gasteiger charge is 2.29. The summed E-state index contributed by atoms with van der Waals surface area (Å²) in [5.41, 5.74) is 1.12. The Morgan fingerprint density at radius 3 is 2.86 bits per heavy atom. The molecule has 2 aliphatic rings. The van der Waals surface area contributed by atoms with Gasteiger partial charge in [0.1, 0.15) is 0 Å². The van der Waals surface area contributed by atoms with Crippen LogP contribution in [0.5, 0.6) is 0 Å². The highest BCUT2D eigenvalue weighted by Crippen LogP contribution is 2.25. The third-order valence-electron chi connectivity index (χ3n) is 4.83. The number of thiophene rings is 1. The summed E-state index contributed by atoms with van der Waals surface area (Å²) in [7, 11) is 0. The Labute approximate surface area is 137 Å². The Morgan fingerprint density at radius 1 is 1.32 bits per heavy atom.